The fourth-order valence-electron chi connectivity index (χ4n) is 1.65. The standard InChI is InChI=1S/C12H21N3O4S2/c1-12(2,3)11(8-13)15-21(18,19)10-6-4-5-9(7-10)20(14,16)17/h4-7,11,15H,8,13H2,1-3H3,(H2,14,16,17). The summed E-state index contributed by atoms with van der Waals surface area (Å²) in [6.45, 7) is 5.69. The Kier molecular flexibility index (Phi) is 5.17. The van der Waals surface area contributed by atoms with Gasteiger partial charge in [-0.3, -0.25) is 0 Å². The first-order valence-electron chi connectivity index (χ1n) is 6.23. The average Bonchev–Trinajstić information content (AvgIpc) is 2.34. The molecule has 0 heterocycles. The number of benzene rings is 1. The smallest absolute Gasteiger partial charge is 0.240 e. The Morgan fingerprint density at radius 1 is 1.14 bits per heavy atom. The minimum atomic E-state index is -3.96. The monoisotopic (exact) mass is 335 g/mol. The Balaban J connectivity index is 3.21. The highest BCUT2D eigenvalue weighted by Gasteiger charge is 2.29. The zero-order chi connectivity index (χ0) is 16.5. The normalized spacial score (nSPS) is 14.9. The van der Waals surface area contributed by atoms with Crippen LogP contribution < -0.4 is 15.6 Å². The molecule has 1 aromatic carbocycles. The molecule has 7 nitrogen and oxygen atoms in total. The zero-order valence-electron chi connectivity index (χ0n) is 12.2. The van der Waals surface area contributed by atoms with Crippen LogP contribution in [0, 0.1) is 5.41 Å². The summed E-state index contributed by atoms with van der Waals surface area (Å²) in [4.78, 5) is -0.429. The highest BCUT2D eigenvalue weighted by molar-refractivity contribution is 7.90. The maximum atomic E-state index is 12.3. The van der Waals surface area contributed by atoms with Crippen LogP contribution in [0.15, 0.2) is 34.1 Å². The maximum absolute atomic E-state index is 12.3. The van der Waals surface area contributed by atoms with E-state index in [4.69, 9.17) is 10.9 Å². The van der Waals surface area contributed by atoms with Gasteiger partial charge in [0, 0.05) is 12.6 Å². The first kappa shape index (κ1) is 18.1. The van der Waals surface area contributed by atoms with Crippen LogP contribution in [0.1, 0.15) is 20.8 Å². The quantitative estimate of drug-likeness (QED) is 0.696. The van der Waals surface area contributed by atoms with Gasteiger partial charge < -0.3 is 5.73 Å². The van der Waals surface area contributed by atoms with E-state index in [1.54, 1.807) is 0 Å². The Morgan fingerprint density at radius 2 is 1.67 bits per heavy atom. The molecule has 9 heteroatoms. The molecule has 0 saturated carbocycles. The second-order valence-electron chi connectivity index (χ2n) is 5.80. The van der Waals surface area contributed by atoms with E-state index in [0.29, 0.717) is 0 Å². The zero-order valence-corrected chi connectivity index (χ0v) is 13.8. The van der Waals surface area contributed by atoms with E-state index >= 15 is 0 Å². The topological polar surface area (TPSA) is 132 Å². The predicted octanol–water partition coefficient (Wildman–Crippen LogP) is -0.0143. The molecule has 1 aromatic rings. The first-order valence-corrected chi connectivity index (χ1v) is 9.26. The van der Waals surface area contributed by atoms with Crippen molar-refractivity contribution in [1.29, 1.82) is 0 Å². The molecular formula is C12H21N3O4S2. The lowest BCUT2D eigenvalue weighted by Gasteiger charge is -2.30. The number of primary sulfonamides is 1. The van der Waals surface area contributed by atoms with Gasteiger partial charge in [0.05, 0.1) is 9.79 Å². The van der Waals surface area contributed by atoms with Crippen LogP contribution in [0.5, 0.6) is 0 Å². The number of hydrogen-bond donors (Lipinski definition) is 3. The fraction of sp³-hybridized carbons (Fsp3) is 0.500. The van der Waals surface area contributed by atoms with Crippen LogP contribution in [0.2, 0.25) is 0 Å². The largest absolute Gasteiger partial charge is 0.329 e. The molecule has 1 atom stereocenters. The van der Waals surface area contributed by atoms with Crippen LogP contribution >= 0.6 is 0 Å². The van der Waals surface area contributed by atoms with Crippen LogP contribution in [0.3, 0.4) is 0 Å². The molecular weight excluding hydrogens is 314 g/mol. The number of rotatable bonds is 5. The van der Waals surface area contributed by atoms with Gasteiger partial charge in [-0.1, -0.05) is 26.8 Å². The van der Waals surface area contributed by atoms with E-state index < -0.39 is 26.1 Å². The third-order valence-corrected chi connectivity index (χ3v) is 5.40. The lowest BCUT2D eigenvalue weighted by atomic mass is 9.88. The summed E-state index contributed by atoms with van der Waals surface area (Å²) < 4.78 is 49.7. The van der Waals surface area contributed by atoms with Gasteiger partial charge in [0.15, 0.2) is 0 Å². The summed E-state index contributed by atoms with van der Waals surface area (Å²) in [5, 5.41) is 5.00. The van der Waals surface area contributed by atoms with Crippen LogP contribution in [-0.2, 0) is 20.0 Å². The van der Waals surface area contributed by atoms with Crippen molar-refractivity contribution in [2.75, 3.05) is 6.54 Å². The Hall–Kier alpha value is -1.00. The molecule has 5 N–H and O–H groups in total. The molecule has 21 heavy (non-hydrogen) atoms. The number of sulfonamides is 2. The molecule has 1 rings (SSSR count). The fourth-order valence-corrected chi connectivity index (χ4v) is 3.79. The third kappa shape index (κ3) is 4.75. The molecule has 0 aliphatic heterocycles. The molecule has 0 bridgehead atoms. The van der Waals surface area contributed by atoms with Crippen LogP contribution in [0.25, 0.3) is 0 Å². The minimum Gasteiger partial charge on any atom is -0.329 e. The molecule has 0 aliphatic carbocycles. The number of nitrogens with two attached hydrogens (primary N) is 2. The van der Waals surface area contributed by atoms with Gasteiger partial charge in [-0.05, 0) is 23.6 Å². The Morgan fingerprint density at radius 3 is 2.10 bits per heavy atom. The molecule has 0 radical (unpaired) electrons. The van der Waals surface area contributed by atoms with Gasteiger partial charge in [0.25, 0.3) is 0 Å². The van der Waals surface area contributed by atoms with E-state index in [-0.39, 0.29) is 21.8 Å². The van der Waals surface area contributed by atoms with Crippen LogP contribution in [-0.4, -0.2) is 29.4 Å². The summed E-state index contributed by atoms with van der Waals surface area (Å²) in [6.07, 6.45) is 0. The minimum absolute atomic E-state index is 0.123. The second kappa shape index (κ2) is 6.01. The summed E-state index contributed by atoms with van der Waals surface area (Å²) in [6, 6.07) is 4.39. The van der Waals surface area contributed by atoms with Crippen LogP contribution in [0.4, 0.5) is 0 Å². The van der Waals surface area contributed by atoms with E-state index in [1.165, 1.54) is 18.2 Å². The highest BCUT2D eigenvalue weighted by atomic mass is 32.2. The SMILES string of the molecule is CC(C)(C)C(CN)NS(=O)(=O)c1cccc(S(N)(=O)=O)c1. The first-order chi connectivity index (χ1) is 9.38. The Labute approximate surface area is 125 Å². The van der Waals surface area contributed by atoms with Crippen molar-refractivity contribution in [3.05, 3.63) is 24.3 Å². The highest BCUT2D eigenvalue weighted by Crippen LogP contribution is 2.21. The van der Waals surface area contributed by atoms with Gasteiger partial charge >= 0.3 is 0 Å². The van der Waals surface area contributed by atoms with E-state index in [2.05, 4.69) is 4.72 Å². The summed E-state index contributed by atoms with van der Waals surface area (Å²) in [7, 11) is -7.85. The van der Waals surface area contributed by atoms with Gasteiger partial charge in [0.1, 0.15) is 0 Å². The summed E-state index contributed by atoms with van der Waals surface area (Å²) >= 11 is 0. The molecule has 0 spiro atoms. The lowest BCUT2D eigenvalue weighted by Crippen LogP contribution is -2.48. The summed E-state index contributed by atoms with van der Waals surface area (Å²) in [5.41, 5.74) is 5.22. The van der Waals surface area contributed by atoms with Gasteiger partial charge in [0.2, 0.25) is 20.0 Å². The van der Waals surface area contributed by atoms with Crippen molar-refractivity contribution in [1.82, 2.24) is 4.72 Å². The lowest BCUT2D eigenvalue weighted by molar-refractivity contribution is 0.304. The molecule has 0 fully saturated rings. The number of nitrogens with one attached hydrogen (secondary N) is 1. The molecule has 120 valence electrons. The molecule has 0 aliphatic rings. The maximum Gasteiger partial charge on any atom is 0.240 e. The van der Waals surface area contributed by atoms with Crippen molar-refractivity contribution >= 4 is 20.0 Å². The van der Waals surface area contributed by atoms with Crippen molar-refractivity contribution in [3.8, 4) is 0 Å². The van der Waals surface area contributed by atoms with E-state index in [0.717, 1.165) is 6.07 Å². The van der Waals surface area contributed by atoms with Crippen molar-refractivity contribution < 1.29 is 16.8 Å². The molecule has 1 unspecified atom stereocenters. The summed E-state index contributed by atoms with van der Waals surface area (Å²) in [5.74, 6) is 0. The van der Waals surface area contributed by atoms with Crippen molar-refractivity contribution in [2.24, 2.45) is 16.3 Å². The van der Waals surface area contributed by atoms with Crippen molar-refractivity contribution in [2.45, 2.75) is 36.6 Å². The number of hydrogen-bond acceptors (Lipinski definition) is 5. The Bertz CT molecular complexity index is 706. The third-order valence-electron chi connectivity index (χ3n) is 3.02. The van der Waals surface area contributed by atoms with E-state index in [1.807, 2.05) is 20.8 Å². The van der Waals surface area contributed by atoms with Gasteiger partial charge in [-0.25, -0.2) is 26.7 Å². The predicted molar refractivity (Wildman–Crippen MR) is 80.4 cm³/mol. The van der Waals surface area contributed by atoms with E-state index in [9.17, 15) is 16.8 Å². The molecule has 0 amide bonds. The van der Waals surface area contributed by atoms with Gasteiger partial charge in [-0.15, -0.1) is 0 Å². The average molecular weight is 335 g/mol. The second-order valence-corrected chi connectivity index (χ2v) is 9.07. The molecule has 0 saturated heterocycles. The van der Waals surface area contributed by atoms with Crippen molar-refractivity contribution in [3.63, 3.8) is 0 Å². The molecule has 0 aromatic heterocycles. The van der Waals surface area contributed by atoms with Gasteiger partial charge in [-0.2, -0.15) is 0 Å².